The highest BCUT2D eigenvalue weighted by atomic mass is 16.6. The van der Waals surface area contributed by atoms with Crippen molar-refractivity contribution in [2.75, 3.05) is 13.7 Å². The van der Waals surface area contributed by atoms with Gasteiger partial charge < -0.3 is 14.4 Å². The van der Waals surface area contributed by atoms with Gasteiger partial charge in [-0.3, -0.25) is 0 Å². The number of hydrogen-bond acceptors (Lipinski definition) is 4. The highest BCUT2D eigenvalue weighted by Crippen LogP contribution is 2.25. The number of methoxy groups -OCH3 is 1. The van der Waals surface area contributed by atoms with E-state index in [4.69, 9.17) is 10.8 Å². The highest BCUT2D eigenvalue weighted by Gasteiger charge is 2.32. The molecule has 5 nitrogen and oxygen atoms in total. The molecular weight excluding hydrogens is 294 g/mol. The number of carbonyl (C=O) groups excluding carboxylic acids is 2. The summed E-state index contributed by atoms with van der Waals surface area (Å²) in [5.74, 6) is -0.468. The van der Waals surface area contributed by atoms with Crippen molar-refractivity contribution in [1.29, 1.82) is 0 Å². The molecule has 0 spiro atoms. The lowest BCUT2D eigenvalue weighted by Gasteiger charge is -2.29. The molecular formula is C18H25NO4. The molecule has 23 heavy (non-hydrogen) atoms. The molecule has 2 atom stereocenters. The molecule has 1 heterocycles. The summed E-state index contributed by atoms with van der Waals surface area (Å²) in [6, 6.07) is 6.61. The summed E-state index contributed by atoms with van der Waals surface area (Å²) >= 11 is 0. The van der Waals surface area contributed by atoms with Crippen molar-refractivity contribution in [3.63, 3.8) is 0 Å². The average molecular weight is 320 g/mol. The first-order chi connectivity index (χ1) is 11.2. The minimum Gasteiger partial charge on any atom is -0.465 e. The molecule has 0 N–H and O–H groups in total. The molecule has 0 saturated carbocycles. The van der Waals surface area contributed by atoms with E-state index in [2.05, 4.69) is 0 Å². The molecule has 1 saturated heterocycles. The van der Waals surface area contributed by atoms with Crippen LogP contribution in [0.4, 0.5) is 4.79 Å². The van der Waals surface area contributed by atoms with E-state index < -0.39 is 24.1 Å². The molecule has 1 aliphatic rings. The van der Waals surface area contributed by atoms with Gasteiger partial charge in [0.15, 0.2) is 0 Å². The summed E-state index contributed by atoms with van der Waals surface area (Å²) in [6.45, 7) is 6.03. The van der Waals surface area contributed by atoms with Gasteiger partial charge >= 0.3 is 12.1 Å². The highest BCUT2D eigenvalue weighted by molar-refractivity contribution is 5.91. The first-order valence-electron chi connectivity index (χ1n) is 8.41. The maximum Gasteiger partial charge on any atom is 0.410 e. The van der Waals surface area contributed by atoms with Gasteiger partial charge in [-0.25, -0.2) is 9.59 Å². The number of esters is 1. The minimum atomic E-state index is -0.727. The molecule has 1 aromatic carbocycles. The average Bonchev–Trinajstić information content (AvgIpc) is 3.01. The standard InChI is InChI=1S/C18H25NO4/c1-18(2,3)23-17(21)19-11-7-9-14(19)12-13-8-5-6-10-15(13)16(20)22-4/h5-6,8,10,14H,7,9,11-12H2,1-4H3/t14-/m1/s1/i12D/t12-,14+/m0. The number of ether oxygens (including phenoxy) is 2. The summed E-state index contributed by atoms with van der Waals surface area (Å²) in [5, 5.41) is 0. The molecule has 5 heteroatoms. The van der Waals surface area contributed by atoms with Gasteiger partial charge in [0, 0.05) is 14.0 Å². The summed E-state index contributed by atoms with van der Waals surface area (Å²) in [5.41, 5.74) is 0.368. The molecule has 1 aromatic rings. The lowest BCUT2D eigenvalue weighted by molar-refractivity contribution is 0.0227. The van der Waals surface area contributed by atoms with Gasteiger partial charge in [0.2, 0.25) is 0 Å². The number of rotatable bonds is 3. The van der Waals surface area contributed by atoms with E-state index in [0.717, 1.165) is 6.42 Å². The predicted octanol–water partition coefficient (Wildman–Crippen LogP) is 3.42. The van der Waals surface area contributed by atoms with Crippen molar-refractivity contribution in [1.82, 2.24) is 4.90 Å². The number of likely N-dealkylation sites (tertiary alicyclic amines) is 1. The van der Waals surface area contributed by atoms with Crippen LogP contribution in [0.2, 0.25) is 0 Å². The number of amides is 1. The molecule has 0 radical (unpaired) electrons. The van der Waals surface area contributed by atoms with Crippen LogP contribution in [0.3, 0.4) is 0 Å². The van der Waals surface area contributed by atoms with Gasteiger partial charge in [0.05, 0.1) is 12.7 Å². The van der Waals surface area contributed by atoms with Gasteiger partial charge in [-0.05, 0) is 51.6 Å². The van der Waals surface area contributed by atoms with Gasteiger partial charge in [0.1, 0.15) is 5.60 Å². The molecule has 0 aromatic heterocycles. The molecule has 1 aliphatic heterocycles. The first-order valence-corrected chi connectivity index (χ1v) is 7.83. The Morgan fingerprint density at radius 3 is 2.70 bits per heavy atom. The quantitative estimate of drug-likeness (QED) is 0.801. The topological polar surface area (TPSA) is 55.8 Å². The summed E-state index contributed by atoms with van der Waals surface area (Å²) in [4.78, 5) is 26.0. The Balaban J connectivity index is 2.24. The second-order valence-corrected chi connectivity index (χ2v) is 6.63. The largest absolute Gasteiger partial charge is 0.465 e. The fourth-order valence-corrected chi connectivity index (χ4v) is 2.66. The van der Waals surface area contributed by atoms with E-state index >= 15 is 0 Å². The second kappa shape index (κ2) is 7.02. The van der Waals surface area contributed by atoms with Crippen molar-refractivity contribution in [3.05, 3.63) is 35.4 Å². The van der Waals surface area contributed by atoms with Gasteiger partial charge in [-0.1, -0.05) is 18.2 Å². The summed E-state index contributed by atoms with van der Waals surface area (Å²) < 4.78 is 18.9. The van der Waals surface area contributed by atoms with Crippen LogP contribution in [0.5, 0.6) is 0 Å². The van der Waals surface area contributed by atoms with E-state index in [1.54, 1.807) is 29.2 Å². The van der Waals surface area contributed by atoms with Crippen molar-refractivity contribution in [2.24, 2.45) is 0 Å². The third-order valence-electron chi connectivity index (χ3n) is 3.67. The Hall–Kier alpha value is -2.04. The third-order valence-corrected chi connectivity index (χ3v) is 3.67. The Morgan fingerprint density at radius 2 is 2.04 bits per heavy atom. The molecule has 2 rings (SSSR count). The summed E-state index contributed by atoms with van der Waals surface area (Å²) in [6.07, 6.45) is 0.399. The fraction of sp³-hybridized carbons (Fsp3) is 0.556. The van der Waals surface area contributed by atoms with E-state index in [9.17, 15) is 9.59 Å². The molecule has 0 bridgehead atoms. The number of benzene rings is 1. The fourth-order valence-electron chi connectivity index (χ4n) is 2.66. The van der Waals surface area contributed by atoms with E-state index in [0.29, 0.717) is 24.1 Å². The molecule has 0 unspecified atom stereocenters. The summed E-state index contributed by atoms with van der Waals surface area (Å²) in [7, 11) is 1.32. The van der Waals surface area contributed by atoms with E-state index in [1.165, 1.54) is 7.11 Å². The van der Waals surface area contributed by atoms with Crippen LogP contribution in [0.15, 0.2) is 24.3 Å². The van der Waals surface area contributed by atoms with Crippen molar-refractivity contribution in [3.8, 4) is 0 Å². The number of carbonyl (C=O) groups is 2. The SMILES string of the molecule is [2H][C@@H](c1ccccc1C(=O)OC)[C@H]1CCCN1C(=O)OC(C)(C)C. The Morgan fingerprint density at radius 1 is 1.35 bits per heavy atom. The lowest BCUT2D eigenvalue weighted by Crippen LogP contribution is -2.40. The van der Waals surface area contributed by atoms with Crippen LogP contribution in [-0.4, -0.2) is 42.3 Å². The maximum atomic E-state index is 12.4. The van der Waals surface area contributed by atoms with E-state index in [1.807, 2.05) is 20.8 Å². The van der Waals surface area contributed by atoms with Crippen LogP contribution < -0.4 is 0 Å². The van der Waals surface area contributed by atoms with Crippen molar-refractivity contribution < 1.29 is 20.4 Å². The monoisotopic (exact) mass is 320 g/mol. The van der Waals surface area contributed by atoms with Gasteiger partial charge in [-0.2, -0.15) is 0 Å². The molecule has 0 aliphatic carbocycles. The smallest absolute Gasteiger partial charge is 0.410 e. The Kier molecular flexibility index (Phi) is 4.84. The zero-order valence-corrected chi connectivity index (χ0v) is 14.2. The Bertz CT molecular complexity index is 611. The minimum absolute atomic E-state index is 0.314. The van der Waals surface area contributed by atoms with E-state index in [-0.39, 0.29) is 6.04 Å². The molecule has 1 amide bonds. The van der Waals surface area contributed by atoms with Crippen LogP contribution in [-0.2, 0) is 15.9 Å². The predicted molar refractivity (Wildman–Crippen MR) is 87.4 cm³/mol. The Labute approximate surface area is 139 Å². The van der Waals surface area contributed by atoms with Crippen molar-refractivity contribution >= 4 is 12.1 Å². The van der Waals surface area contributed by atoms with Crippen LogP contribution in [0.1, 0.15) is 50.9 Å². The second-order valence-electron chi connectivity index (χ2n) is 6.63. The lowest BCUT2D eigenvalue weighted by atomic mass is 9.99. The van der Waals surface area contributed by atoms with Gasteiger partial charge in [0.25, 0.3) is 0 Å². The number of nitrogens with zero attached hydrogens (tertiary/aromatic N) is 1. The molecule has 1 fully saturated rings. The zero-order chi connectivity index (χ0) is 17.9. The van der Waals surface area contributed by atoms with Crippen LogP contribution in [0, 0.1) is 0 Å². The van der Waals surface area contributed by atoms with Crippen molar-refractivity contribution in [2.45, 2.75) is 51.7 Å². The molecule has 126 valence electrons. The van der Waals surface area contributed by atoms with Crippen LogP contribution >= 0.6 is 0 Å². The normalized spacial score (nSPS) is 19.9. The number of hydrogen-bond donors (Lipinski definition) is 0. The first kappa shape index (κ1) is 15.8. The maximum absolute atomic E-state index is 12.4. The van der Waals surface area contributed by atoms with Gasteiger partial charge in [-0.15, -0.1) is 0 Å². The third kappa shape index (κ3) is 4.47. The van der Waals surface area contributed by atoms with Crippen LogP contribution in [0.25, 0.3) is 0 Å². The zero-order valence-electron chi connectivity index (χ0n) is 15.2.